The van der Waals surface area contributed by atoms with Crippen LogP contribution >= 0.6 is 0 Å². The fraction of sp³-hybridized carbons (Fsp3) is 0.0612. The van der Waals surface area contributed by atoms with Crippen LogP contribution in [0.2, 0.25) is 0 Å². The summed E-state index contributed by atoms with van der Waals surface area (Å²) in [4.78, 5) is 10.7. The molecule has 2 heterocycles. The van der Waals surface area contributed by atoms with Crippen LogP contribution in [0.25, 0.3) is 83.6 Å². The lowest BCUT2D eigenvalue weighted by molar-refractivity contribution is 0.663. The van der Waals surface area contributed by atoms with Crippen LogP contribution in [0.4, 0.5) is 0 Å². The Labute approximate surface area is 303 Å². The summed E-state index contributed by atoms with van der Waals surface area (Å²) in [5.41, 5.74) is 16.0. The first-order chi connectivity index (χ1) is 25.5. The van der Waals surface area contributed by atoms with Crippen LogP contribution < -0.4 is 0 Å². The zero-order valence-corrected chi connectivity index (χ0v) is 29.1. The molecule has 0 radical (unpaired) electrons. The van der Waals surface area contributed by atoms with E-state index in [-0.39, 0.29) is 5.41 Å². The van der Waals surface area contributed by atoms with Gasteiger partial charge in [0.05, 0.1) is 22.4 Å². The molecule has 0 atom stereocenters. The van der Waals surface area contributed by atoms with Crippen LogP contribution in [0.5, 0.6) is 0 Å². The maximum Gasteiger partial charge on any atom is 0.235 e. The summed E-state index contributed by atoms with van der Waals surface area (Å²) in [5, 5.41) is 2.41. The number of fused-ring (bicyclic) bond motifs is 7. The van der Waals surface area contributed by atoms with Gasteiger partial charge in [0.15, 0.2) is 0 Å². The van der Waals surface area contributed by atoms with Crippen molar-refractivity contribution in [3.8, 4) is 61.8 Å². The molecule has 246 valence electrons. The van der Waals surface area contributed by atoms with Crippen molar-refractivity contribution in [2.75, 3.05) is 0 Å². The van der Waals surface area contributed by atoms with E-state index >= 15 is 0 Å². The number of aromatic nitrogens is 3. The van der Waals surface area contributed by atoms with Gasteiger partial charge in [-0.25, -0.2) is 9.97 Å². The number of hydrogen-bond acceptors (Lipinski definition) is 2. The molecule has 2 aromatic heterocycles. The van der Waals surface area contributed by atoms with Crippen molar-refractivity contribution in [3.05, 3.63) is 187 Å². The Balaban J connectivity index is 1.15. The van der Waals surface area contributed by atoms with E-state index < -0.39 is 0 Å². The predicted molar refractivity (Wildman–Crippen MR) is 216 cm³/mol. The van der Waals surface area contributed by atoms with Gasteiger partial charge in [-0.3, -0.25) is 4.57 Å². The van der Waals surface area contributed by atoms with Crippen LogP contribution in [0.15, 0.2) is 176 Å². The third kappa shape index (κ3) is 4.74. The van der Waals surface area contributed by atoms with E-state index in [1.165, 1.54) is 60.8 Å². The van der Waals surface area contributed by atoms with Gasteiger partial charge in [-0.2, -0.15) is 0 Å². The molecule has 0 saturated heterocycles. The molecule has 0 amide bonds. The number of hydrogen-bond donors (Lipinski definition) is 0. The van der Waals surface area contributed by atoms with Crippen molar-refractivity contribution in [2.24, 2.45) is 0 Å². The average Bonchev–Trinajstić information content (AvgIpc) is 3.67. The summed E-state index contributed by atoms with van der Waals surface area (Å²) in [7, 11) is 0. The second kappa shape index (κ2) is 11.8. The Hall–Kier alpha value is -6.58. The maximum absolute atomic E-state index is 5.39. The fourth-order valence-electron chi connectivity index (χ4n) is 8.28. The molecule has 3 heteroatoms. The molecule has 3 nitrogen and oxygen atoms in total. The maximum atomic E-state index is 5.39. The summed E-state index contributed by atoms with van der Waals surface area (Å²) in [5.74, 6) is 0.670. The lowest BCUT2D eigenvalue weighted by atomic mass is 9.81. The number of nitrogens with zero attached hydrogens (tertiary/aromatic N) is 3. The van der Waals surface area contributed by atoms with E-state index in [4.69, 9.17) is 9.97 Å². The predicted octanol–water partition coefficient (Wildman–Crippen LogP) is 12.5. The second-order valence-electron chi connectivity index (χ2n) is 14.2. The van der Waals surface area contributed by atoms with E-state index in [9.17, 15) is 0 Å². The molecular weight excluding hydrogens is 631 g/mol. The highest BCUT2D eigenvalue weighted by Crippen LogP contribution is 2.52. The monoisotopic (exact) mass is 665 g/mol. The SMILES string of the molecule is CC1(C)c2ccccc2-c2ccc3c4ccccc4n(-c4nc(-c5ccccc5)cc(-c5ccc(-c6ccc(-c7ccccc7)cc6)cc5)n4)c3c21. The molecule has 0 spiro atoms. The molecule has 0 fully saturated rings. The number of rotatable bonds is 5. The van der Waals surface area contributed by atoms with Crippen LogP contribution in [0.3, 0.4) is 0 Å². The van der Waals surface area contributed by atoms with Gasteiger partial charge < -0.3 is 0 Å². The van der Waals surface area contributed by atoms with Crippen molar-refractivity contribution in [1.29, 1.82) is 0 Å². The normalized spacial score (nSPS) is 13.0. The van der Waals surface area contributed by atoms with Gasteiger partial charge in [0.2, 0.25) is 5.95 Å². The quantitative estimate of drug-likeness (QED) is 0.183. The molecular formula is C49H35N3. The van der Waals surface area contributed by atoms with E-state index in [1.54, 1.807) is 0 Å². The third-order valence-corrected chi connectivity index (χ3v) is 10.8. The zero-order valence-electron chi connectivity index (χ0n) is 29.1. The van der Waals surface area contributed by atoms with Crippen LogP contribution in [-0.2, 0) is 5.41 Å². The van der Waals surface area contributed by atoms with Gasteiger partial charge in [0, 0.05) is 27.3 Å². The van der Waals surface area contributed by atoms with Crippen LogP contribution in [0.1, 0.15) is 25.0 Å². The van der Waals surface area contributed by atoms with E-state index in [1.807, 2.05) is 6.07 Å². The molecule has 7 aromatic carbocycles. The van der Waals surface area contributed by atoms with Crippen molar-refractivity contribution >= 4 is 21.8 Å². The Morgan fingerprint density at radius 3 is 1.58 bits per heavy atom. The highest BCUT2D eigenvalue weighted by Gasteiger charge is 2.38. The van der Waals surface area contributed by atoms with E-state index in [2.05, 4.69) is 188 Å². The zero-order chi connectivity index (χ0) is 34.8. The summed E-state index contributed by atoms with van der Waals surface area (Å²) < 4.78 is 2.32. The van der Waals surface area contributed by atoms with Gasteiger partial charge in [-0.15, -0.1) is 0 Å². The first-order valence-corrected chi connectivity index (χ1v) is 17.9. The number of para-hydroxylation sites is 1. The van der Waals surface area contributed by atoms with Gasteiger partial charge in [-0.1, -0.05) is 178 Å². The summed E-state index contributed by atoms with van der Waals surface area (Å²) in [6.07, 6.45) is 0. The molecule has 9 aromatic rings. The molecule has 0 aliphatic heterocycles. The Bertz CT molecular complexity index is 2780. The smallest absolute Gasteiger partial charge is 0.235 e. The lowest BCUT2D eigenvalue weighted by Gasteiger charge is -2.23. The molecule has 0 N–H and O–H groups in total. The molecule has 0 unspecified atom stereocenters. The molecule has 1 aliphatic carbocycles. The van der Waals surface area contributed by atoms with Crippen molar-refractivity contribution in [2.45, 2.75) is 19.3 Å². The largest absolute Gasteiger partial charge is 0.278 e. The minimum Gasteiger partial charge on any atom is -0.278 e. The van der Waals surface area contributed by atoms with Gasteiger partial charge >= 0.3 is 0 Å². The Morgan fingerprint density at radius 2 is 0.923 bits per heavy atom. The lowest BCUT2D eigenvalue weighted by Crippen LogP contribution is -2.17. The Kier molecular flexibility index (Phi) is 6.84. The third-order valence-electron chi connectivity index (χ3n) is 10.8. The first-order valence-electron chi connectivity index (χ1n) is 17.9. The van der Waals surface area contributed by atoms with E-state index in [0.717, 1.165) is 28.0 Å². The van der Waals surface area contributed by atoms with Crippen molar-refractivity contribution < 1.29 is 0 Å². The molecule has 52 heavy (non-hydrogen) atoms. The van der Waals surface area contributed by atoms with E-state index in [0.29, 0.717) is 5.95 Å². The summed E-state index contributed by atoms with van der Waals surface area (Å²) in [6.45, 7) is 4.70. The average molecular weight is 666 g/mol. The second-order valence-corrected chi connectivity index (χ2v) is 14.2. The van der Waals surface area contributed by atoms with Gasteiger partial charge in [0.25, 0.3) is 0 Å². The standard InChI is InChI=1S/C49H35N3/c1-49(2)42-19-11-9-17-38(42)40-29-30-41-39-18-10-12-20-45(39)52(47(41)46(40)49)48-50-43(36-15-7-4-8-16-36)31-44(51-48)37-27-25-35(26-28-37)34-23-21-33(22-24-34)32-13-5-3-6-14-32/h3-31H,1-2H3. The Morgan fingerprint density at radius 1 is 0.423 bits per heavy atom. The van der Waals surface area contributed by atoms with Crippen molar-refractivity contribution in [1.82, 2.24) is 14.5 Å². The van der Waals surface area contributed by atoms with Crippen LogP contribution in [-0.4, -0.2) is 14.5 Å². The van der Waals surface area contributed by atoms with Gasteiger partial charge in [0.1, 0.15) is 0 Å². The minimum atomic E-state index is -0.202. The summed E-state index contributed by atoms with van der Waals surface area (Å²) in [6, 6.07) is 62.8. The molecule has 10 rings (SSSR count). The fourth-order valence-corrected chi connectivity index (χ4v) is 8.28. The van der Waals surface area contributed by atoms with Gasteiger partial charge in [-0.05, 0) is 56.6 Å². The highest BCUT2D eigenvalue weighted by atomic mass is 15.2. The number of benzene rings is 7. The molecule has 0 saturated carbocycles. The highest BCUT2D eigenvalue weighted by molar-refractivity contribution is 6.13. The first kappa shape index (κ1) is 30.3. The van der Waals surface area contributed by atoms with Crippen LogP contribution in [0, 0.1) is 0 Å². The minimum absolute atomic E-state index is 0.202. The molecule has 0 bridgehead atoms. The molecule has 1 aliphatic rings. The topological polar surface area (TPSA) is 30.7 Å². The summed E-state index contributed by atoms with van der Waals surface area (Å²) >= 11 is 0. The van der Waals surface area contributed by atoms with Crippen molar-refractivity contribution in [3.63, 3.8) is 0 Å².